The zero-order valence-corrected chi connectivity index (χ0v) is 15.8. The molecule has 0 amide bonds. The van der Waals surface area contributed by atoms with E-state index in [1.54, 1.807) is 6.07 Å². The largest absolute Gasteiger partial charge is 0.504 e. The highest BCUT2D eigenvalue weighted by Gasteiger charge is 2.27. The smallest absolute Gasteiger partial charge is 0.176 e. The normalized spacial score (nSPS) is 18.0. The maximum atomic E-state index is 9.96. The molecule has 23 heavy (non-hydrogen) atoms. The van der Waals surface area contributed by atoms with Gasteiger partial charge in [0.15, 0.2) is 11.5 Å². The first-order chi connectivity index (χ1) is 10.5. The first kappa shape index (κ1) is 18.4. The fraction of sp³-hybridized carbons (Fsp3) is 0.294. The molecular weight excluding hydrogens is 401 g/mol. The Morgan fingerprint density at radius 3 is 2.61 bits per heavy atom. The summed E-state index contributed by atoms with van der Waals surface area (Å²) in [5.74, 6) is -0.375. The Kier molecular flexibility index (Phi) is 5.84. The zero-order chi connectivity index (χ0) is 15.9. The van der Waals surface area contributed by atoms with Gasteiger partial charge in [-0.1, -0.05) is 35.3 Å². The molecule has 0 saturated heterocycles. The van der Waals surface area contributed by atoms with Gasteiger partial charge < -0.3 is 15.1 Å². The summed E-state index contributed by atoms with van der Waals surface area (Å²) in [6.45, 7) is 1.64. The Hall–Kier alpha value is -0.940. The zero-order valence-electron chi connectivity index (χ0n) is 12.6. The summed E-state index contributed by atoms with van der Waals surface area (Å²) in [6, 6.07) is 9.35. The Balaban J connectivity index is 0.00000192. The van der Waals surface area contributed by atoms with Gasteiger partial charge in [0.25, 0.3) is 0 Å². The lowest BCUT2D eigenvalue weighted by atomic mass is 9.87. The third-order valence-corrected chi connectivity index (χ3v) is 4.86. The molecule has 0 radical (unpaired) electrons. The Bertz CT molecular complexity index is 724. The highest BCUT2D eigenvalue weighted by atomic mass is 79.9. The summed E-state index contributed by atoms with van der Waals surface area (Å²) in [4.78, 5) is 2.22. The molecule has 0 bridgehead atoms. The monoisotopic (exact) mass is 417 g/mol. The Labute approximate surface area is 156 Å². The van der Waals surface area contributed by atoms with E-state index in [4.69, 9.17) is 23.2 Å². The molecule has 0 aromatic heterocycles. The van der Waals surface area contributed by atoms with Crippen LogP contribution in [0.1, 0.15) is 22.6 Å². The van der Waals surface area contributed by atoms with Crippen LogP contribution in [0.25, 0.3) is 0 Å². The van der Waals surface area contributed by atoms with Gasteiger partial charge in [-0.25, -0.2) is 0 Å². The summed E-state index contributed by atoms with van der Waals surface area (Å²) >= 11 is 12.4. The van der Waals surface area contributed by atoms with Crippen molar-refractivity contribution in [2.75, 3.05) is 20.1 Å². The van der Waals surface area contributed by atoms with Gasteiger partial charge in [0.2, 0.25) is 0 Å². The fourth-order valence-corrected chi connectivity index (χ4v) is 3.56. The topological polar surface area (TPSA) is 43.7 Å². The number of phenols is 2. The summed E-state index contributed by atoms with van der Waals surface area (Å²) in [5.41, 5.74) is 2.92. The van der Waals surface area contributed by atoms with Crippen molar-refractivity contribution in [3.8, 4) is 11.5 Å². The van der Waals surface area contributed by atoms with E-state index < -0.39 is 0 Å². The van der Waals surface area contributed by atoms with Crippen molar-refractivity contribution in [2.45, 2.75) is 12.3 Å². The maximum absolute atomic E-state index is 9.96. The van der Waals surface area contributed by atoms with Crippen LogP contribution in [0.4, 0.5) is 0 Å². The van der Waals surface area contributed by atoms with Crippen LogP contribution in [0.2, 0.25) is 10.0 Å². The number of hydrogen-bond acceptors (Lipinski definition) is 3. The third kappa shape index (κ3) is 3.61. The minimum atomic E-state index is -0.241. The molecule has 0 aliphatic carbocycles. The molecule has 1 aliphatic heterocycles. The van der Waals surface area contributed by atoms with Gasteiger partial charge in [-0.2, -0.15) is 0 Å². The molecule has 3 nitrogen and oxygen atoms in total. The van der Waals surface area contributed by atoms with Gasteiger partial charge in [0, 0.05) is 24.0 Å². The van der Waals surface area contributed by atoms with Crippen LogP contribution in [0, 0.1) is 0 Å². The number of fused-ring (bicyclic) bond motifs is 1. The van der Waals surface area contributed by atoms with Crippen LogP contribution in [0.3, 0.4) is 0 Å². The van der Waals surface area contributed by atoms with Gasteiger partial charge in [0.1, 0.15) is 0 Å². The van der Waals surface area contributed by atoms with E-state index in [-0.39, 0.29) is 39.4 Å². The number of phenolic OH excluding ortho intramolecular Hbond substituents is 2. The molecule has 0 spiro atoms. The van der Waals surface area contributed by atoms with Gasteiger partial charge in [-0.05, 0) is 48.4 Å². The molecule has 1 unspecified atom stereocenters. The standard InChI is InChI=1S/C17H17Cl2NO2.BrH/c1-20-6-5-12-13(8-15(21)17(22)16(12)19)14(9-20)10-3-2-4-11(18)7-10;/h2-4,7-8,14,21-22H,5-6,9H2,1H3;1H. The summed E-state index contributed by atoms with van der Waals surface area (Å²) in [5, 5.41) is 20.8. The molecule has 2 N–H and O–H groups in total. The second kappa shape index (κ2) is 7.31. The number of nitrogens with zero attached hydrogens (tertiary/aromatic N) is 1. The van der Waals surface area contributed by atoms with E-state index >= 15 is 0 Å². The quantitative estimate of drug-likeness (QED) is 0.665. The number of likely N-dealkylation sites (N-methyl/N-ethyl adjacent to an activating group) is 1. The van der Waals surface area contributed by atoms with Crippen LogP contribution in [-0.2, 0) is 6.42 Å². The molecule has 6 heteroatoms. The van der Waals surface area contributed by atoms with Crippen LogP contribution in [0.5, 0.6) is 11.5 Å². The van der Waals surface area contributed by atoms with E-state index in [1.165, 1.54) is 0 Å². The van der Waals surface area contributed by atoms with Gasteiger partial charge in [-0.15, -0.1) is 17.0 Å². The average molecular weight is 419 g/mol. The fourth-order valence-electron chi connectivity index (χ4n) is 3.06. The third-order valence-electron chi connectivity index (χ3n) is 4.22. The van der Waals surface area contributed by atoms with E-state index in [9.17, 15) is 10.2 Å². The minimum Gasteiger partial charge on any atom is -0.504 e. The Morgan fingerprint density at radius 1 is 1.17 bits per heavy atom. The molecule has 2 aromatic carbocycles. The number of halogens is 3. The number of benzene rings is 2. The summed E-state index contributed by atoms with van der Waals surface area (Å²) in [6.07, 6.45) is 0.732. The minimum absolute atomic E-state index is 0. The summed E-state index contributed by atoms with van der Waals surface area (Å²) in [7, 11) is 2.05. The second-order valence-electron chi connectivity index (χ2n) is 5.75. The first-order valence-electron chi connectivity index (χ1n) is 7.14. The summed E-state index contributed by atoms with van der Waals surface area (Å²) < 4.78 is 0. The van der Waals surface area contributed by atoms with E-state index in [1.807, 2.05) is 24.3 Å². The molecule has 2 aromatic rings. The number of hydrogen-bond donors (Lipinski definition) is 2. The SMILES string of the molecule is Br.CN1CCc2c(cc(O)c(O)c2Cl)C(c2cccc(Cl)c2)C1. The molecule has 1 aliphatic rings. The molecule has 1 atom stereocenters. The lowest BCUT2D eigenvalue weighted by Crippen LogP contribution is -2.24. The first-order valence-corrected chi connectivity index (χ1v) is 7.90. The maximum Gasteiger partial charge on any atom is 0.176 e. The predicted molar refractivity (Wildman–Crippen MR) is 99.6 cm³/mol. The lowest BCUT2D eigenvalue weighted by molar-refractivity contribution is 0.338. The molecule has 0 fully saturated rings. The van der Waals surface area contributed by atoms with Crippen molar-refractivity contribution in [3.05, 3.63) is 57.1 Å². The van der Waals surface area contributed by atoms with Crippen molar-refractivity contribution in [1.29, 1.82) is 0 Å². The number of rotatable bonds is 1. The van der Waals surface area contributed by atoms with Gasteiger partial charge in [-0.3, -0.25) is 0 Å². The van der Waals surface area contributed by atoms with Gasteiger partial charge >= 0.3 is 0 Å². The molecule has 3 rings (SSSR count). The average Bonchev–Trinajstić information content (AvgIpc) is 2.65. The lowest BCUT2D eigenvalue weighted by Gasteiger charge is -2.22. The molecule has 0 saturated carbocycles. The van der Waals surface area contributed by atoms with E-state index in [0.29, 0.717) is 5.02 Å². The van der Waals surface area contributed by atoms with Crippen LogP contribution in [0.15, 0.2) is 30.3 Å². The number of aromatic hydroxyl groups is 2. The van der Waals surface area contributed by atoms with Crippen molar-refractivity contribution in [1.82, 2.24) is 4.90 Å². The second-order valence-corrected chi connectivity index (χ2v) is 6.56. The molecular formula is C17H18BrCl2NO2. The van der Waals surface area contributed by atoms with Crippen LogP contribution in [-0.4, -0.2) is 35.3 Å². The van der Waals surface area contributed by atoms with E-state index in [2.05, 4.69) is 11.9 Å². The van der Waals surface area contributed by atoms with Crippen LogP contribution >= 0.6 is 40.2 Å². The van der Waals surface area contributed by atoms with Crippen molar-refractivity contribution < 1.29 is 10.2 Å². The van der Waals surface area contributed by atoms with Crippen molar-refractivity contribution >= 4 is 40.2 Å². The highest BCUT2D eigenvalue weighted by Crippen LogP contribution is 2.43. The molecule has 1 heterocycles. The predicted octanol–water partition coefficient (Wildman–Crippen LogP) is 4.60. The molecule has 124 valence electrons. The van der Waals surface area contributed by atoms with Crippen molar-refractivity contribution in [3.63, 3.8) is 0 Å². The van der Waals surface area contributed by atoms with E-state index in [0.717, 1.165) is 36.2 Å². The Morgan fingerprint density at radius 2 is 1.91 bits per heavy atom. The highest BCUT2D eigenvalue weighted by molar-refractivity contribution is 8.93. The van der Waals surface area contributed by atoms with Crippen molar-refractivity contribution in [2.24, 2.45) is 0 Å². The van der Waals surface area contributed by atoms with Gasteiger partial charge in [0.05, 0.1) is 5.02 Å². The van der Waals surface area contributed by atoms with Crippen LogP contribution < -0.4 is 0 Å².